The molecule has 0 bridgehead atoms. The van der Waals surface area contributed by atoms with Crippen LogP contribution in [0.15, 0.2) is 48.6 Å². The highest BCUT2D eigenvalue weighted by Gasteiger charge is 2.28. The average molecular weight is 770 g/mol. The number of aliphatic hydroxyl groups excluding tert-OH is 2. The van der Waals surface area contributed by atoms with Crippen LogP contribution in [0.5, 0.6) is 0 Å². The number of allylic oxidation sites excluding steroid dienone is 7. The zero-order chi connectivity index (χ0) is 39.5. The lowest BCUT2D eigenvalue weighted by molar-refractivity contribution is -0.870. The maximum Gasteiger partial charge on any atom is 0.472 e. The number of hydrogen-bond donors (Lipinski definition) is 4. The van der Waals surface area contributed by atoms with E-state index in [4.69, 9.17) is 9.05 Å². The van der Waals surface area contributed by atoms with Crippen LogP contribution < -0.4 is 5.32 Å². The fourth-order valence-corrected chi connectivity index (χ4v) is 6.47. The largest absolute Gasteiger partial charge is 0.472 e. The molecule has 10 heteroatoms. The minimum atomic E-state index is -4.36. The van der Waals surface area contributed by atoms with E-state index in [1.54, 1.807) is 6.08 Å². The standard InChI is InChI=1S/C43H81N2O7P/c1-6-8-10-12-14-16-18-20-22-24-26-28-30-33-40(46)34-32-36-43(48)44-41(39-52-53(49,50)51-38-37-45(3,4)5)42(47)35-31-29-27-25-23-21-19-17-15-13-11-9-7-2/h14,16,20,22,26,28,30,33,40-42,46-47H,6-13,15,17-19,21,23-25,27,29,31-32,34-39H2,1-5H3,(H-,44,48,49,50)/p+1/b16-14-,22-20-,28-26-,33-30+/t40-,41-,42+/m0/s1. The monoisotopic (exact) mass is 770 g/mol. The van der Waals surface area contributed by atoms with Crippen molar-refractivity contribution in [1.82, 2.24) is 5.32 Å². The van der Waals surface area contributed by atoms with Crippen LogP contribution in [0.1, 0.15) is 162 Å². The molecular weight excluding hydrogens is 687 g/mol. The third kappa shape index (κ3) is 37.1. The number of amides is 1. The van der Waals surface area contributed by atoms with Gasteiger partial charge in [0.25, 0.3) is 0 Å². The van der Waals surface area contributed by atoms with E-state index in [1.807, 2.05) is 39.4 Å². The number of aliphatic hydroxyl groups is 2. The Morgan fingerprint density at radius 3 is 1.85 bits per heavy atom. The Morgan fingerprint density at radius 2 is 1.25 bits per heavy atom. The molecule has 9 nitrogen and oxygen atoms in total. The van der Waals surface area contributed by atoms with Crippen LogP contribution in [-0.2, 0) is 18.4 Å². The summed E-state index contributed by atoms with van der Waals surface area (Å²) < 4.78 is 23.5. The summed E-state index contributed by atoms with van der Waals surface area (Å²) in [5.74, 6) is -0.305. The summed E-state index contributed by atoms with van der Waals surface area (Å²) >= 11 is 0. The molecule has 0 heterocycles. The summed E-state index contributed by atoms with van der Waals surface area (Å²) in [6, 6.07) is -0.854. The molecule has 0 aromatic rings. The van der Waals surface area contributed by atoms with Crippen LogP contribution >= 0.6 is 7.82 Å². The number of nitrogens with one attached hydrogen (secondary N) is 1. The second-order valence-electron chi connectivity index (χ2n) is 15.6. The first kappa shape index (κ1) is 51.4. The number of nitrogens with zero attached hydrogens (tertiary/aromatic N) is 1. The fraction of sp³-hybridized carbons (Fsp3) is 0.791. The Balaban J connectivity index is 4.64. The number of carbonyl (C=O) groups excluding carboxylic acids is 1. The van der Waals surface area contributed by atoms with E-state index >= 15 is 0 Å². The van der Waals surface area contributed by atoms with Crippen LogP contribution in [0.4, 0.5) is 0 Å². The molecule has 0 aromatic carbocycles. The lowest BCUT2D eigenvalue weighted by Crippen LogP contribution is -2.46. The van der Waals surface area contributed by atoms with Gasteiger partial charge in [0.05, 0.1) is 46.0 Å². The molecule has 4 atom stereocenters. The van der Waals surface area contributed by atoms with Gasteiger partial charge in [-0.25, -0.2) is 4.57 Å². The first-order valence-electron chi connectivity index (χ1n) is 21.1. The second kappa shape index (κ2) is 34.9. The lowest BCUT2D eigenvalue weighted by atomic mass is 10.0. The number of phosphoric ester groups is 1. The van der Waals surface area contributed by atoms with E-state index in [9.17, 15) is 24.5 Å². The van der Waals surface area contributed by atoms with Crippen LogP contribution in [0, 0.1) is 0 Å². The highest BCUT2D eigenvalue weighted by Crippen LogP contribution is 2.43. The van der Waals surface area contributed by atoms with Gasteiger partial charge < -0.3 is 24.9 Å². The van der Waals surface area contributed by atoms with Crippen molar-refractivity contribution in [2.75, 3.05) is 40.9 Å². The molecule has 310 valence electrons. The first-order valence-corrected chi connectivity index (χ1v) is 22.6. The van der Waals surface area contributed by atoms with Gasteiger partial charge in [-0.3, -0.25) is 13.8 Å². The maximum atomic E-state index is 12.9. The molecule has 0 spiro atoms. The van der Waals surface area contributed by atoms with Gasteiger partial charge in [-0.05, 0) is 44.9 Å². The zero-order valence-corrected chi connectivity index (χ0v) is 35.5. The van der Waals surface area contributed by atoms with E-state index in [0.717, 1.165) is 38.5 Å². The van der Waals surface area contributed by atoms with Crippen molar-refractivity contribution in [3.05, 3.63) is 48.6 Å². The van der Waals surface area contributed by atoms with Crippen LogP contribution in [0.25, 0.3) is 0 Å². The van der Waals surface area contributed by atoms with Crippen LogP contribution in [0.2, 0.25) is 0 Å². The second-order valence-corrected chi connectivity index (χ2v) is 17.0. The summed E-state index contributed by atoms with van der Waals surface area (Å²) in [6.45, 7) is 4.68. The Hall–Kier alpha value is -1.58. The molecule has 0 saturated carbocycles. The van der Waals surface area contributed by atoms with Gasteiger partial charge in [0, 0.05) is 6.42 Å². The SMILES string of the molecule is CCCCC/C=C\C/C=C\C/C=C\C=C\[C@H](O)CCCC(=O)N[C@@H](COP(=O)(O)OCC[N+](C)(C)C)[C@H](O)CCCCCCCCCCCCCCC. The number of carbonyl (C=O) groups is 1. The highest BCUT2D eigenvalue weighted by atomic mass is 31.2. The Bertz CT molecular complexity index is 1020. The lowest BCUT2D eigenvalue weighted by Gasteiger charge is -2.26. The maximum absolute atomic E-state index is 12.9. The van der Waals surface area contributed by atoms with Gasteiger partial charge in [0.15, 0.2) is 0 Å². The predicted octanol–water partition coefficient (Wildman–Crippen LogP) is 10.3. The van der Waals surface area contributed by atoms with Crippen molar-refractivity contribution < 1.29 is 38.0 Å². The van der Waals surface area contributed by atoms with Crippen molar-refractivity contribution in [3.63, 3.8) is 0 Å². The summed E-state index contributed by atoms with van der Waals surface area (Å²) in [5.41, 5.74) is 0. The Morgan fingerprint density at radius 1 is 0.698 bits per heavy atom. The van der Waals surface area contributed by atoms with E-state index in [1.165, 1.54) is 83.5 Å². The average Bonchev–Trinajstić information content (AvgIpc) is 3.09. The fourth-order valence-electron chi connectivity index (χ4n) is 5.74. The molecular formula is C43H82N2O7P+. The van der Waals surface area contributed by atoms with Crippen molar-refractivity contribution in [1.29, 1.82) is 0 Å². The van der Waals surface area contributed by atoms with Crippen molar-refractivity contribution in [2.24, 2.45) is 0 Å². The Kier molecular flexibility index (Phi) is 33.8. The molecule has 0 aliphatic rings. The number of rotatable bonds is 37. The molecule has 0 saturated heterocycles. The van der Waals surface area contributed by atoms with Gasteiger partial charge in [0.1, 0.15) is 13.2 Å². The summed E-state index contributed by atoms with van der Waals surface area (Å²) in [4.78, 5) is 23.1. The number of hydrogen-bond acceptors (Lipinski definition) is 6. The zero-order valence-electron chi connectivity index (χ0n) is 34.6. The van der Waals surface area contributed by atoms with Gasteiger partial charge in [-0.1, -0.05) is 159 Å². The first-order chi connectivity index (χ1) is 25.4. The number of unbranched alkanes of at least 4 members (excludes halogenated alkanes) is 15. The quantitative estimate of drug-likeness (QED) is 0.0163. The van der Waals surface area contributed by atoms with Crippen molar-refractivity contribution >= 4 is 13.7 Å². The molecule has 1 unspecified atom stereocenters. The molecule has 0 radical (unpaired) electrons. The molecule has 0 aliphatic carbocycles. The van der Waals surface area contributed by atoms with Crippen LogP contribution in [-0.4, -0.2) is 84.6 Å². The van der Waals surface area contributed by atoms with Crippen LogP contribution in [0.3, 0.4) is 0 Å². The van der Waals surface area contributed by atoms with E-state index in [2.05, 4.69) is 43.5 Å². The topological polar surface area (TPSA) is 125 Å². The third-order valence-electron chi connectivity index (χ3n) is 9.18. The molecule has 4 N–H and O–H groups in total. The van der Waals surface area contributed by atoms with E-state index in [-0.39, 0.29) is 25.5 Å². The molecule has 53 heavy (non-hydrogen) atoms. The van der Waals surface area contributed by atoms with Gasteiger partial charge >= 0.3 is 7.82 Å². The smallest absolute Gasteiger partial charge is 0.391 e. The van der Waals surface area contributed by atoms with E-state index < -0.39 is 26.1 Å². The molecule has 0 aliphatic heterocycles. The van der Waals surface area contributed by atoms with Gasteiger partial charge in [0.2, 0.25) is 5.91 Å². The molecule has 0 fully saturated rings. The predicted molar refractivity (Wildman–Crippen MR) is 223 cm³/mol. The number of likely N-dealkylation sites (N-methyl/N-ethyl adjacent to an activating group) is 1. The van der Waals surface area contributed by atoms with Gasteiger partial charge in [-0.2, -0.15) is 0 Å². The van der Waals surface area contributed by atoms with Crippen molar-refractivity contribution in [2.45, 2.75) is 180 Å². The molecule has 0 rings (SSSR count). The highest BCUT2D eigenvalue weighted by molar-refractivity contribution is 7.47. The van der Waals surface area contributed by atoms with E-state index in [0.29, 0.717) is 30.3 Å². The number of quaternary nitrogens is 1. The third-order valence-corrected chi connectivity index (χ3v) is 10.2. The molecule has 0 aromatic heterocycles. The summed E-state index contributed by atoms with van der Waals surface area (Å²) in [5, 5.41) is 24.2. The molecule has 1 amide bonds. The number of phosphoric acid groups is 1. The van der Waals surface area contributed by atoms with Gasteiger partial charge in [-0.15, -0.1) is 0 Å². The minimum absolute atomic E-state index is 0.0382. The Labute approximate surface area is 325 Å². The minimum Gasteiger partial charge on any atom is -0.391 e. The summed E-state index contributed by atoms with van der Waals surface area (Å²) in [6.07, 6.45) is 38.7. The normalized spacial score (nSPS) is 15.5. The van der Waals surface area contributed by atoms with Crippen molar-refractivity contribution in [3.8, 4) is 0 Å². The summed E-state index contributed by atoms with van der Waals surface area (Å²) in [7, 11) is 1.49.